The number of nitrogens with one attached hydrogen (secondary N) is 1. The number of rotatable bonds is 3. The molecule has 0 aromatic heterocycles. The fourth-order valence-corrected chi connectivity index (χ4v) is 3.81. The van der Waals surface area contributed by atoms with Crippen LogP contribution in [0.3, 0.4) is 0 Å². The van der Waals surface area contributed by atoms with Gasteiger partial charge in [0.15, 0.2) is 0 Å². The lowest BCUT2D eigenvalue weighted by Gasteiger charge is -2.30. The summed E-state index contributed by atoms with van der Waals surface area (Å²) < 4.78 is 0. The highest BCUT2D eigenvalue weighted by Gasteiger charge is 2.36. The minimum atomic E-state index is -0.226. The summed E-state index contributed by atoms with van der Waals surface area (Å²) in [5.74, 6) is 0.415. The summed E-state index contributed by atoms with van der Waals surface area (Å²) in [5, 5.41) is 3.20. The molecule has 1 saturated carbocycles. The van der Waals surface area contributed by atoms with Gasteiger partial charge in [0.25, 0.3) is 0 Å². The molecule has 0 radical (unpaired) electrons. The normalized spacial score (nSPS) is 28.0. The molecular formula is C19H26N2O2. The van der Waals surface area contributed by atoms with E-state index in [9.17, 15) is 9.59 Å². The molecule has 0 bridgehead atoms. The number of aryl methyl sites for hydroxylation is 1. The van der Waals surface area contributed by atoms with Crippen LogP contribution in [-0.4, -0.2) is 24.4 Å². The SMILES string of the molecule is Cc1ccccc1N1C[C@H](C(=O)N[C@H]2CCCC[C@@H]2C)CC1=O. The zero-order chi connectivity index (χ0) is 16.4. The highest BCUT2D eigenvalue weighted by atomic mass is 16.2. The first kappa shape index (κ1) is 16.0. The van der Waals surface area contributed by atoms with Gasteiger partial charge in [0.1, 0.15) is 0 Å². The van der Waals surface area contributed by atoms with Crippen molar-refractivity contribution in [1.29, 1.82) is 0 Å². The zero-order valence-electron chi connectivity index (χ0n) is 14.0. The van der Waals surface area contributed by atoms with Crippen LogP contribution in [0.5, 0.6) is 0 Å². The highest BCUT2D eigenvalue weighted by Crippen LogP contribution is 2.29. The molecule has 1 saturated heterocycles. The Morgan fingerprint density at radius 3 is 2.70 bits per heavy atom. The molecule has 124 valence electrons. The summed E-state index contributed by atoms with van der Waals surface area (Å²) >= 11 is 0. The largest absolute Gasteiger partial charge is 0.353 e. The maximum absolute atomic E-state index is 12.6. The third-order valence-corrected chi connectivity index (χ3v) is 5.34. The van der Waals surface area contributed by atoms with E-state index in [0.29, 0.717) is 18.9 Å². The molecule has 1 aliphatic carbocycles. The molecule has 1 aromatic carbocycles. The molecule has 3 rings (SSSR count). The van der Waals surface area contributed by atoms with Crippen LogP contribution < -0.4 is 10.2 Å². The summed E-state index contributed by atoms with van der Waals surface area (Å²) in [5.41, 5.74) is 2.00. The molecule has 4 heteroatoms. The Morgan fingerprint density at radius 2 is 1.96 bits per heavy atom. The average molecular weight is 314 g/mol. The number of para-hydroxylation sites is 1. The van der Waals surface area contributed by atoms with Crippen LogP contribution in [0.2, 0.25) is 0 Å². The van der Waals surface area contributed by atoms with E-state index in [1.54, 1.807) is 4.90 Å². The van der Waals surface area contributed by atoms with Crippen molar-refractivity contribution in [1.82, 2.24) is 5.32 Å². The van der Waals surface area contributed by atoms with Crippen LogP contribution in [0.1, 0.15) is 44.6 Å². The summed E-state index contributed by atoms with van der Waals surface area (Å²) in [7, 11) is 0. The van der Waals surface area contributed by atoms with Crippen molar-refractivity contribution in [3.63, 3.8) is 0 Å². The minimum absolute atomic E-state index is 0.0492. The first-order valence-corrected chi connectivity index (χ1v) is 8.72. The summed E-state index contributed by atoms with van der Waals surface area (Å²) in [6.07, 6.45) is 5.02. The van der Waals surface area contributed by atoms with Gasteiger partial charge in [-0.15, -0.1) is 0 Å². The van der Waals surface area contributed by atoms with Crippen LogP contribution in [0.4, 0.5) is 5.69 Å². The number of carbonyl (C=O) groups is 2. The van der Waals surface area contributed by atoms with E-state index in [1.807, 2.05) is 31.2 Å². The van der Waals surface area contributed by atoms with E-state index >= 15 is 0 Å². The number of hydrogen-bond donors (Lipinski definition) is 1. The predicted octanol–water partition coefficient (Wildman–Crippen LogP) is 3.04. The van der Waals surface area contributed by atoms with Crippen molar-refractivity contribution in [2.45, 2.75) is 52.0 Å². The number of hydrogen-bond acceptors (Lipinski definition) is 2. The molecule has 0 spiro atoms. The summed E-state index contributed by atoms with van der Waals surface area (Å²) in [6, 6.07) is 8.14. The van der Waals surface area contributed by atoms with Gasteiger partial charge in [-0.2, -0.15) is 0 Å². The van der Waals surface area contributed by atoms with Gasteiger partial charge in [0, 0.05) is 24.7 Å². The summed E-state index contributed by atoms with van der Waals surface area (Å²) in [6.45, 7) is 4.71. The number of benzene rings is 1. The second-order valence-corrected chi connectivity index (χ2v) is 7.07. The van der Waals surface area contributed by atoms with E-state index in [1.165, 1.54) is 19.3 Å². The first-order valence-electron chi connectivity index (χ1n) is 8.72. The van der Waals surface area contributed by atoms with Crippen molar-refractivity contribution in [3.8, 4) is 0 Å². The minimum Gasteiger partial charge on any atom is -0.353 e. The monoisotopic (exact) mass is 314 g/mol. The standard InChI is InChI=1S/C19H26N2O2/c1-13-7-3-5-9-16(13)20-19(23)15-11-18(22)21(12-15)17-10-6-4-8-14(17)2/h4,6,8,10,13,15-16H,3,5,7,9,11-12H2,1-2H3,(H,20,23)/t13-,15+,16-/m0/s1. The molecule has 2 amide bonds. The van der Waals surface area contributed by atoms with Crippen LogP contribution in [0, 0.1) is 18.8 Å². The fourth-order valence-electron chi connectivity index (χ4n) is 3.81. The van der Waals surface area contributed by atoms with Gasteiger partial charge >= 0.3 is 0 Å². The second-order valence-electron chi connectivity index (χ2n) is 7.07. The molecule has 1 aromatic rings. The highest BCUT2D eigenvalue weighted by molar-refractivity contribution is 6.00. The van der Waals surface area contributed by atoms with Crippen molar-refractivity contribution in [2.24, 2.45) is 11.8 Å². The molecule has 2 fully saturated rings. The van der Waals surface area contributed by atoms with Gasteiger partial charge in [0.05, 0.1) is 5.92 Å². The molecule has 23 heavy (non-hydrogen) atoms. The molecule has 0 unspecified atom stereocenters. The van der Waals surface area contributed by atoms with Gasteiger partial charge in [0.2, 0.25) is 11.8 Å². The first-order chi connectivity index (χ1) is 11.1. The van der Waals surface area contributed by atoms with Crippen molar-refractivity contribution in [2.75, 3.05) is 11.4 Å². The maximum atomic E-state index is 12.6. The number of anilines is 1. The molecule has 4 nitrogen and oxygen atoms in total. The Bertz CT molecular complexity index is 599. The lowest BCUT2D eigenvalue weighted by Crippen LogP contribution is -2.44. The quantitative estimate of drug-likeness (QED) is 0.932. The Morgan fingerprint density at radius 1 is 1.22 bits per heavy atom. The van der Waals surface area contributed by atoms with Gasteiger partial charge in [-0.25, -0.2) is 0 Å². The third-order valence-electron chi connectivity index (χ3n) is 5.34. The average Bonchev–Trinajstić information content (AvgIpc) is 2.92. The van der Waals surface area contributed by atoms with E-state index in [4.69, 9.17) is 0 Å². The Labute approximate surface area is 138 Å². The Hall–Kier alpha value is -1.84. The molecule has 1 heterocycles. The van der Waals surface area contributed by atoms with E-state index in [0.717, 1.165) is 17.7 Å². The second kappa shape index (κ2) is 6.73. The van der Waals surface area contributed by atoms with E-state index in [2.05, 4.69) is 12.2 Å². The fraction of sp³-hybridized carbons (Fsp3) is 0.579. The number of nitrogens with zero attached hydrogens (tertiary/aromatic N) is 1. The van der Waals surface area contributed by atoms with Gasteiger partial charge in [-0.05, 0) is 37.3 Å². The van der Waals surface area contributed by atoms with Crippen LogP contribution >= 0.6 is 0 Å². The lowest BCUT2D eigenvalue weighted by atomic mass is 9.85. The molecule has 2 aliphatic rings. The zero-order valence-corrected chi connectivity index (χ0v) is 14.0. The molecular weight excluding hydrogens is 288 g/mol. The Kier molecular flexibility index (Phi) is 4.69. The topological polar surface area (TPSA) is 49.4 Å². The maximum Gasteiger partial charge on any atom is 0.227 e. The number of amides is 2. The van der Waals surface area contributed by atoms with E-state index < -0.39 is 0 Å². The van der Waals surface area contributed by atoms with Crippen LogP contribution in [0.25, 0.3) is 0 Å². The molecule has 1 N–H and O–H groups in total. The smallest absolute Gasteiger partial charge is 0.227 e. The van der Waals surface area contributed by atoms with Crippen LogP contribution in [0.15, 0.2) is 24.3 Å². The van der Waals surface area contributed by atoms with E-state index in [-0.39, 0.29) is 23.8 Å². The summed E-state index contributed by atoms with van der Waals surface area (Å²) in [4.78, 5) is 26.7. The Balaban J connectivity index is 1.65. The van der Waals surface area contributed by atoms with Crippen molar-refractivity contribution in [3.05, 3.63) is 29.8 Å². The van der Waals surface area contributed by atoms with Gasteiger partial charge < -0.3 is 10.2 Å². The predicted molar refractivity (Wildman–Crippen MR) is 91.2 cm³/mol. The lowest BCUT2D eigenvalue weighted by molar-refractivity contribution is -0.127. The van der Waals surface area contributed by atoms with Crippen LogP contribution in [-0.2, 0) is 9.59 Å². The number of carbonyl (C=O) groups excluding carboxylic acids is 2. The molecule has 3 atom stereocenters. The van der Waals surface area contributed by atoms with Crippen molar-refractivity contribution < 1.29 is 9.59 Å². The third kappa shape index (κ3) is 3.41. The van der Waals surface area contributed by atoms with Gasteiger partial charge in [-0.1, -0.05) is 38.0 Å². The molecule has 1 aliphatic heterocycles. The van der Waals surface area contributed by atoms with Crippen molar-refractivity contribution >= 4 is 17.5 Å². The van der Waals surface area contributed by atoms with Gasteiger partial charge in [-0.3, -0.25) is 9.59 Å².